The van der Waals surface area contributed by atoms with E-state index in [0.29, 0.717) is 29.8 Å². The number of ether oxygens (including phenoxy) is 1. The minimum atomic E-state index is -0.557. The standard InChI is InChI=1S/C30H32N2O5/c1-3-17-6-5-7-18(4-2)27(17)31-16-21(15-24(31)33)30(36)37-23-12-10-22(11-13-23)32-28(34)25-19-8-9-20(14-19)26(25)29(32)35/h5-7,10-13,19-21,25-26H,3-4,8-9,14-16H2,1-2H3/t19-,20-,21+,25+,26+/m0/s1. The molecule has 3 amide bonds. The molecule has 0 N–H and O–H groups in total. The highest BCUT2D eigenvalue weighted by molar-refractivity contribution is 6.22. The van der Waals surface area contributed by atoms with E-state index in [1.807, 2.05) is 18.2 Å². The summed E-state index contributed by atoms with van der Waals surface area (Å²) in [6.07, 6.45) is 4.80. The molecule has 2 aromatic rings. The molecule has 192 valence electrons. The summed E-state index contributed by atoms with van der Waals surface area (Å²) in [5, 5.41) is 0. The van der Waals surface area contributed by atoms with Crippen LogP contribution in [-0.2, 0) is 32.0 Å². The number of esters is 1. The molecular formula is C30H32N2O5. The normalized spacial score (nSPS) is 28.4. The van der Waals surface area contributed by atoms with E-state index in [9.17, 15) is 19.2 Å². The van der Waals surface area contributed by atoms with Gasteiger partial charge >= 0.3 is 5.97 Å². The van der Waals surface area contributed by atoms with E-state index in [0.717, 1.165) is 48.9 Å². The summed E-state index contributed by atoms with van der Waals surface area (Å²) in [7, 11) is 0. The minimum absolute atomic E-state index is 0.0709. The van der Waals surface area contributed by atoms with Crippen molar-refractivity contribution in [2.24, 2.45) is 29.6 Å². The first-order valence-corrected chi connectivity index (χ1v) is 13.5. The Bertz CT molecular complexity index is 1240. The van der Waals surface area contributed by atoms with Gasteiger partial charge < -0.3 is 9.64 Å². The van der Waals surface area contributed by atoms with Crippen LogP contribution in [-0.4, -0.2) is 30.2 Å². The van der Waals surface area contributed by atoms with Crippen LogP contribution in [0.5, 0.6) is 5.75 Å². The van der Waals surface area contributed by atoms with Crippen LogP contribution in [0.15, 0.2) is 42.5 Å². The van der Waals surface area contributed by atoms with Gasteiger partial charge in [-0.05, 0) is 79.3 Å². The van der Waals surface area contributed by atoms with Crippen LogP contribution < -0.4 is 14.5 Å². The van der Waals surface area contributed by atoms with Crippen molar-refractivity contribution in [1.82, 2.24) is 0 Å². The second-order valence-electron chi connectivity index (χ2n) is 10.8. The van der Waals surface area contributed by atoms with Crippen molar-refractivity contribution in [2.75, 3.05) is 16.3 Å². The summed E-state index contributed by atoms with van der Waals surface area (Å²) in [5.41, 5.74) is 3.64. The molecule has 4 fully saturated rings. The lowest BCUT2D eigenvalue weighted by atomic mass is 9.81. The first kappa shape index (κ1) is 23.9. The van der Waals surface area contributed by atoms with Crippen LogP contribution >= 0.6 is 0 Å². The van der Waals surface area contributed by atoms with Gasteiger partial charge in [0.05, 0.1) is 23.4 Å². The number of para-hydroxylation sites is 1. The fourth-order valence-corrected chi connectivity index (χ4v) is 7.17. The molecule has 2 aromatic carbocycles. The van der Waals surface area contributed by atoms with Crippen molar-refractivity contribution in [1.29, 1.82) is 0 Å². The Morgan fingerprint density at radius 1 is 0.892 bits per heavy atom. The Morgan fingerprint density at radius 3 is 2.05 bits per heavy atom. The van der Waals surface area contributed by atoms with Crippen molar-refractivity contribution in [3.8, 4) is 5.75 Å². The molecule has 0 aromatic heterocycles. The van der Waals surface area contributed by atoms with E-state index < -0.39 is 11.9 Å². The summed E-state index contributed by atoms with van der Waals surface area (Å²) >= 11 is 0. The van der Waals surface area contributed by atoms with Crippen molar-refractivity contribution in [2.45, 2.75) is 52.4 Å². The molecular weight excluding hydrogens is 468 g/mol. The van der Waals surface area contributed by atoms with Gasteiger partial charge in [-0.25, -0.2) is 0 Å². The lowest BCUT2D eigenvalue weighted by Gasteiger charge is -2.23. The Hall–Kier alpha value is -3.48. The van der Waals surface area contributed by atoms with Gasteiger partial charge in [0.2, 0.25) is 17.7 Å². The maximum Gasteiger partial charge on any atom is 0.316 e. The second kappa shape index (κ2) is 9.12. The zero-order valence-electron chi connectivity index (χ0n) is 21.3. The number of anilines is 2. The maximum absolute atomic E-state index is 13.1. The van der Waals surface area contributed by atoms with Crippen LogP contribution in [0.4, 0.5) is 11.4 Å². The number of imide groups is 1. The molecule has 0 unspecified atom stereocenters. The number of fused-ring (bicyclic) bond motifs is 5. The van der Waals surface area contributed by atoms with Gasteiger partial charge in [0, 0.05) is 18.7 Å². The minimum Gasteiger partial charge on any atom is -0.426 e. The molecule has 4 aliphatic rings. The predicted octanol–water partition coefficient (Wildman–Crippen LogP) is 4.31. The van der Waals surface area contributed by atoms with E-state index >= 15 is 0 Å². The monoisotopic (exact) mass is 500 g/mol. The molecule has 37 heavy (non-hydrogen) atoms. The van der Waals surface area contributed by atoms with Gasteiger partial charge in [-0.1, -0.05) is 32.0 Å². The number of nitrogens with zero attached hydrogens (tertiary/aromatic N) is 2. The van der Waals surface area contributed by atoms with E-state index in [2.05, 4.69) is 13.8 Å². The van der Waals surface area contributed by atoms with Crippen LogP contribution in [0.25, 0.3) is 0 Å². The molecule has 0 radical (unpaired) electrons. The number of rotatable bonds is 6. The third-order valence-corrected chi connectivity index (χ3v) is 8.93. The summed E-state index contributed by atoms with van der Waals surface area (Å²) in [6.45, 7) is 4.42. The van der Waals surface area contributed by atoms with E-state index in [-0.39, 0.29) is 36.0 Å². The SMILES string of the molecule is CCc1cccc(CC)c1N1C[C@H](C(=O)Oc2ccc(N3C(=O)[C@@H]4[C@H]5CC[C@@H](C5)[C@H]4C3=O)cc2)CC1=O. The number of aryl methyl sites for hydroxylation is 2. The highest BCUT2D eigenvalue weighted by Crippen LogP contribution is 2.56. The van der Waals surface area contributed by atoms with E-state index in [1.165, 1.54) is 4.90 Å². The largest absolute Gasteiger partial charge is 0.426 e. The number of carbonyl (C=O) groups excluding carboxylic acids is 4. The topological polar surface area (TPSA) is 84.0 Å². The zero-order valence-corrected chi connectivity index (χ0v) is 21.3. The van der Waals surface area contributed by atoms with Crippen molar-refractivity contribution in [3.05, 3.63) is 53.6 Å². The lowest BCUT2D eigenvalue weighted by Crippen LogP contribution is -2.32. The Kier molecular flexibility index (Phi) is 5.89. The lowest BCUT2D eigenvalue weighted by molar-refractivity contribution is -0.139. The molecule has 2 saturated carbocycles. The van der Waals surface area contributed by atoms with E-state index in [4.69, 9.17) is 4.74 Å². The van der Waals surface area contributed by atoms with Crippen LogP contribution in [0.1, 0.15) is 50.7 Å². The Morgan fingerprint density at radius 2 is 1.49 bits per heavy atom. The Balaban J connectivity index is 1.14. The summed E-state index contributed by atoms with van der Waals surface area (Å²) in [6, 6.07) is 12.6. The smallest absolute Gasteiger partial charge is 0.316 e. The highest BCUT2D eigenvalue weighted by atomic mass is 16.5. The number of hydrogen-bond donors (Lipinski definition) is 0. The fraction of sp³-hybridized carbons (Fsp3) is 0.467. The average Bonchev–Trinajstić information content (AvgIpc) is 3.67. The molecule has 6 rings (SSSR count). The van der Waals surface area contributed by atoms with Gasteiger partial charge in [0.1, 0.15) is 5.75 Å². The molecule has 7 heteroatoms. The number of hydrogen-bond acceptors (Lipinski definition) is 5. The van der Waals surface area contributed by atoms with E-state index in [1.54, 1.807) is 29.2 Å². The second-order valence-corrected chi connectivity index (χ2v) is 10.8. The summed E-state index contributed by atoms with van der Waals surface area (Å²) < 4.78 is 5.63. The zero-order chi connectivity index (χ0) is 25.8. The molecule has 2 saturated heterocycles. The first-order chi connectivity index (χ1) is 17.9. The predicted molar refractivity (Wildman–Crippen MR) is 138 cm³/mol. The van der Waals surface area contributed by atoms with Gasteiger partial charge in [-0.15, -0.1) is 0 Å². The van der Waals surface area contributed by atoms with Crippen LogP contribution in [0.3, 0.4) is 0 Å². The van der Waals surface area contributed by atoms with Gasteiger partial charge in [0.15, 0.2) is 0 Å². The highest BCUT2D eigenvalue weighted by Gasteiger charge is 2.61. The van der Waals surface area contributed by atoms with Crippen molar-refractivity contribution < 1.29 is 23.9 Å². The van der Waals surface area contributed by atoms with Gasteiger partial charge in [0.25, 0.3) is 0 Å². The molecule has 2 heterocycles. The summed E-state index contributed by atoms with van der Waals surface area (Å²) in [5.74, 6) is -0.582. The molecule has 2 bridgehead atoms. The quantitative estimate of drug-likeness (QED) is 0.335. The number of amides is 3. The molecule has 5 atom stereocenters. The van der Waals surface area contributed by atoms with Crippen molar-refractivity contribution >= 4 is 35.1 Å². The Labute approximate surface area is 216 Å². The number of carbonyl (C=O) groups is 4. The van der Waals surface area contributed by atoms with Crippen LogP contribution in [0.2, 0.25) is 0 Å². The maximum atomic E-state index is 13.1. The third-order valence-electron chi connectivity index (χ3n) is 8.93. The van der Waals surface area contributed by atoms with Crippen molar-refractivity contribution in [3.63, 3.8) is 0 Å². The molecule has 2 aliphatic heterocycles. The van der Waals surface area contributed by atoms with Crippen LogP contribution in [0, 0.1) is 29.6 Å². The summed E-state index contributed by atoms with van der Waals surface area (Å²) in [4.78, 5) is 55.1. The van der Waals surface area contributed by atoms with Gasteiger partial charge in [-0.2, -0.15) is 0 Å². The number of benzene rings is 2. The average molecular weight is 501 g/mol. The first-order valence-electron chi connectivity index (χ1n) is 13.5. The molecule has 2 aliphatic carbocycles. The van der Waals surface area contributed by atoms with Gasteiger partial charge in [-0.3, -0.25) is 24.1 Å². The molecule has 0 spiro atoms. The molecule has 7 nitrogen and oxygen atoms in total. The third kappa shape index (κ3) is 3.78. The fourth-order valence-electron chi connectivity index (χ4n) is 7.17.